The highest BCUT2D eigenvalue weighted by molar-refractivity contribution is 5.64. The second kappa shape index (κ2) is 8.92. The maximum atomic E-state index is 10.6. The van der Waals surface area contributed by atoms with Crippen molar-refractivity contribution in [2.75, 3.05) is 6.54 Å². The molecule has 0 saturated heterocycles. The Bertz CT molecular complexity index is 599. The van der Waals surface area contributed by atoms with Crippen LogP contribution in [0, 0.1) is 0 Å². The molecule has 0 aliphatic heterocycles. The van der Waals surface area contributed by atoms with Gasteiger partial charge in [0.05, 0.1) is 0 Å². The minimum atomic E-state index is -0.761. The summed E-state index contributed by atoms with van der Waals surface area (Å²) in [6.45, 7) is 1.70. The lowest BCUT2D eigenvalue weighted by Gasteiger charge is -2.13. The maximum absolute atomic E-state index is 10.6. The molecule has 0 bridgehead atoms. The Kier molecular flexibility index (Phi) is 6.59. The Balaban J connectivity index is 1.70. The summed E-state index contributed by atoms with van der Waals surface area (Å²) in [5.41, 5.74) is 14.4. The van der Waals surface area contributed by atoms with Gasteiger partial charge in [0, 0.05) is 19.1 Å². The summed E-state index contributed by atoms with van der Waals surface area (Å²) in [7, 11) is 0. The normalized spacial score (nSPS) is 11.9. The molecule has 0 heterocycles. The lowest BCUT2D eigenvalue weighted by molar-refractivity contribution is 0.150. The zero-order valence-corrected chi connectivity index (χ0v) is 13.1. The largest absolute Gasteiger partial charge is 0.445 e. The minimum absolute atomic E-state index is 0.0839. The summed E-state index contributed by atoms with van der Waals surface area (Å²) in [5.74, 6) is 0. The Hall–Kier alpha value is -2.37. The van der Waals surface area contributed by atoms with E-state index in [1.54, 1.807) is 0 Å². The van der Waals surface area contributed by atoms with Gasteiger partial charge < -0.3 is 21.5 Å². The lowest BCUT2D eigenvalue weighted by atomic mass is 10.1. The van der Waals surface area contributed by atoms with Crippen molar-refractivity contribution in [3.8, 4) is 0 Å². The number of carbonyl (C=O) groups is 1. The molecule has 1 amide bonds. The van der Waals surface area contributed by atoms with E-state index >= 15 is 0 Å². The van der Waals surface area contributed by atoms with E-state index in [-0.39, 0.29) is 12.6 Å². The van der Waals surface area contributed by atoms with Crippen LogP contribution in [-0.2, 0) is 24.3 Å². The number of rotatable bonds is 8. The van der Waals surface area contributed by atoms with Gasteiger partial charge in [-0.15, -0.1) is 0 Å². The highest BCUT2D eigenvalue weighted by atomic mass is 16.5. The van der Waals surface area contributed by atoms with E-state index in [4.69, 9.17) is 16.2 Å². The van der Waals surface area contributed by atoms with Gasteiger partial charge in [0.2, 0.25) is 0 Å². The molecular formula is C18H23N3O2. The Morgan fingerprint density at radius 1 is 1.00 bits per heavy atom. The number of ether oxygens (including phenoxy) is 1. The monoisotopic (exact) mass is 313 g/mol. The van der Waals surface area contributed by atoms with Crippen LogP contribution >= 0.6 is 0 Å². The first kappa shape index (κ1) is 17.0. The van der Waals surface area contributed by atoms with Gasteiger partial charge in [0.25, 0.3) is 0 Å². The lowest BCUT2D eigenvalue weighted by Crippen LogP contribution is -2.35. The van der Waals surface area contributed by atoms with Gasteiger partial charge in [-0.1, -0.05) is 54.6 Å². The number of nitrogens with one attached hydrogen (secondary N) is 1. The van der Waals surface area contributed by atoms with Crippen LogP contribution in [0.15, 0.2) is 54.6 Å². The first-order chi connectivity index (χ1) is 11.1. The quantitative estimate of drug-likeness (QED) is 0.694. The summed E-state index contributed by atoms with van der Waals surface area (Å²) in [5, 5.41) is 3.36. The number of amides is 1. The van der Waals surface area contributed by atoms with Gasteiger partial charge in [-0.05, 0) is 23.1 Å². The summed E-state index contributed by atoms with van der Waals surface area (Å²) in [6.07, 6.45) is 0.0974. The molecule has 0 spiro atoms. The zero-order chi connectivity index (χ0) is 16.5. The molecule has 2 aromatic carbocycles. The third-order valence-electron chi connectivity index (χ3n) is 3.48. The first-order valence-electron chi connectivity index (χ1n) is 7.64. The molecule has 0 unspecified atom stereocenters. The van der Waals surface area contributed by atoms with Gasteiger partial charge in [-0.25, -0.2) is 4.79 Å². The van der Waals surface area contributed by atoms with Crippen molar-refractivity contribution in [2.45, 2.75) is 25.6 Å². The fraction of sp³-hybridized carbons (Fsp3) is 0.278. The third kappa shape index (κ3) is 6.50. The zero-order valence-electron chi connectivity index (χ0n) is 13.1. The number of hydrogen-bond donors (Lipinski definition) is 3. The van der Waals surface area contributed by atoms with Crippen molar-refractivity contribution >= 4 is 6.09 Å². The van der Waals surface area contributed by atoms with Gasteiger partial charge in [0.15, 0.2) is 0 Å². The molecule has 1 atom stereocenters. The average Bonchev–Trinajstić information content (AvgIpc) is 2.55. The van der Waals surface area contributed by atoms with Crippen molar-refractivity contribution in [3.63, 3.8) is 0 Å². The van der Waals surface area contributed by atoms with E-state index in [2.05, 4.69) is 17.4 Å². The molecule has 0 radical (unpaired) electrons. The fourth-order valence-corrected chi connectivity index (χ4v) is 2.30. The standard InChI is InChI=1S/C18H23N3O2/c19-17(10-14-4-2-1-3-5-14)12-21-11-15-6-8-16(9-7-15)13-23-18(20)22/h1-9,17,21H,10-13,19H2,(H2,20,22)/t17-/m0/s1. The summed E-state index contributed by atoms with van der Waals surface area (Å²) in [6, 6.07) is 18.2. The molecule has 0 aliphatic carbocycles. The van der Waals surface area contributed by atoms with E-state index in [1.165, 1.54) is 5.56 Å². The number of nitrogens with two attached hydrogens (primary N) is 2. The summed E-state index contributed by atoms with van der Waals surface area (Å²) < 4.78 is 4.74. The molecule has 5 heteroatoms. The highest BCUT2D eigenvalue weighted by Gasteiger charge is 2.04. The second-order valence-corrected chi connectivity index (χ2v) is 5.50. The first-order valence-corrected chi connectivity index (χ1v) is 7.64. The van der Waals surface area contributed by atoms with E-state index in [1.807, 2.05) is 42.5 Å². The van der Waals surface area contributed by atoms with Crippen molar-refractivity contribution in [1.82, 2.24) is 5.32 Å². The SMILES string of the molecule is NC(=O)OCc1ccc(CNC[C@@H](N)Cc2ccccc2)cc1. The molecule has 23 heavy (non-hydrogen) atoms. The van der Waals surface area contributed by atoms with Crippen LogP contribution in [0.25, 0.3) is 0 Å². The predicted molar refractivity (Wildman–Crippen MR) is 90.6 cm³/mol. The van der Waals surface area contributed by atoms with Gasteiger partial charge >= 0.3 is 6.09 Å². The molecule has 2 aromatic rings. The summed E-state index contributed by atoms with van der Waals surface area (Å²) >= 11 is 0. The Morgan fingerprint density at radius 2 is 1.65 bits per heavy atom. The van der Waals surface area contributed by atoms with Crippen LogP contribution < -0.4 is 16.8 Å². The Morgan fingerprint density at radius 3 is 2.30 bits per heavy atom. The van der Waals surface area contributed by atoms with E-state index in [0.717, 1.165) is 30.6 Å². The van der Waals surface area contributed by atoms with Crippen LogP contribution in [0.2, 0.25) is 0 Å². The highest BCUT2D eigenvalue weighted by Crippen LogP contribution is 2.06. The smallest absolute Gasteiger partial charge is 0.404 e. The fourth-order valence-electron chi connectivity index (χ4n) is 2.30. The van der Waals surface area contributed by atoms with Crippen molar-refractivity contribution in [3.05, 3.63) is 71.3 Å². The molecule has 0 saturated carbocycles. The molecule has 5 nitrogen and oxygen atoms in total. The molecular weight excluding hydrogens is 290 g/mol. The van der Waals surface area contributed by atoms with Gasteiger partial charge in [0.1, 0.15) is 6.61 Å². The van der Waals surface area contributed by atoms with Crippen molar-refractivity contribution in [2.24, 2.45) is 11.5 Å². The van der Waals surface area contributed by atoms with Crippen LogP contribution in [0.3, 0.4) is 0 Å². The van der Waals surface area contributed by atoms with Crippen LogP contribution in [-0.4, -0.2) is 18.7 Å². The van der Waals surface area contributed by atoms with Crippen LogP contribution in [0.4, 0.5) is 4.79 Å². The Labute approximate surface area is 136 Å². The molecule has 5 N–H and O–H groups in total. The van der Waals surface area contributed by atoms with Gasteiger partial charge in [-0.2, -0.15) is 0 Å². The maximum Gasteiger partial charge on any atom is 0.404 e. The minimum Gasteiger partial charge on any atom is -0.445 e. The number of benzene rings is 2. The van der Waals surface area contributed by atoms with E-state index in [9.17, 15) is 4.79 Å². The number of primary amides is 1. The number of carbonyl (C=O) groups excluding carboxylic acids is 1. The molecule has 0 aliphatic rings. The predicted octanol–water partition coefficient (Wildman–Crippen LogP) is 1.94. The van der Waals surface area contributed by atoms with Crippen LogP contribution in [0.1, 0.15) is 16.7 Å². The van der Waals surface area contributed by atoms with Crippen molar-refractivity contribution < 1.29 is 9.53 Å². The van der Waals surface area contributed by atoms with Gasteiger partial charge in [-0.3, -0.25) is 0 Å². The van der Waals surface area contributed by atoms with E-state index < -0.39 is 6.09 Å². The number of hydrogen-bond acceptors (Lipinski definition) is 4. The average molecular weight is 313 g/mol. The molecule has 0 aromatic heterocycles. The topological polar surface area (TPSA) is 90.4 Å². The third-order valence-corrected chi connectivity index (χ3v) is 3.48. The molecule has 2 rings (SSSR count). The molecule has 122 valence electrons. The summed E-state index contributed by atoms with van der Waals surface area (Å²) in [4.78, 5) is 10.6. The second-order valence-electron chi connectivity index (χ2n) is 5.50. The van der Waals surface area contributed by atoms with E-state index in [0.29, 0.717) is 0 Å². The van der Waals surface area contributed by atoms with Crippen molar-refractivity contribution in [1.29, 1.82) is 0 Å². The van der Waals surface area contributed by atoms with Crippen LogP contribution in [0.5, 0.6) is 0 Å². The molecule has 0 fully saturated rings.